The fraction of sp³-hybridized carbons (Fsp3) is 0.529. The van der Waals surface area contributed by atoms with E-state index in [4.69, 9.17) is 4.74 Å². The van der Waals surface area contributed by atoms with Crippen LogP contribution < -0.4 is 10.6 Å². The molecule has 1 aromatic rings. The number of rotatable bonds is 6. The van der Waals surface area contributed by atoms with Gasteiger partial charge in [0.2, 0.25) is 0 Å². The van der Waals surface area contributed by atoms with Crippen LogP contribution in [-0.4, -0.2) is 35.3 Å². The number of ether oxygens (including phenoxy) is 1. The second kappa shape index (κ2) is 7.97. The van der Waals surface area contributed by atoms with E-state index in [1.165, 1.54) is 0 Å². The second-order valence-corrected chi connectivity index (χ2v) is 6.18. The molecule has 126 valence electrons. The molecular weight excluding hydrogens is 296 g/mol. The number of amides is 1. The third-order valence-corrected chi connectivity index (χ3v) is 4.20. The van der Waals surface area contributed by atoms with Crippen LogP contribution >= 0.6 is 0 Å². The van der Waals surface area contributed by atoms with Gasteiger partial charge in [-0.2, -0.15) is 0 Å². The Kier molecular flexibility index (Phi) is 5.98. The zero-order valence-electron chi connectivity index (χ0n) is 13.4. The molecule has 0 aliphatic carbocycles. The van der Waals surface area contributed by atoms with Gasteiger partial charge in [0.25, 0.3) is 0 Å². The molecule has 1 amide bonds. The quantitative estimate of drug-likeness (QED) is 0.748. The number of carbonyl (C=O) groups is 2. The van der Waals surface area contributed by atoms with Crippen molar-refractivity contribution in [3.63, 3.8) is 0 Å². The molecule has 1 aromatic carbocycles. The molecule has 2 unspecified atom stereocenters. The summed E-state index contributed by atoms with van der Waals surface area (Å²) in [7, 11) is 0. The smallest absolute Gasteiger partial charge is 0.407 e. The molecule has 0 radical (unpaired) electrons. The van der Waals surface area contributed by atoms with Gasteiger partial charge in [0.1, 0.15) is 6.61 Å². The molecule has 1 saturated heterocycles. The lowest BCUT2D eigenvalue weighted by molar-refractivity contribution is -0.138. The van der Waals surface area contributed by atoms with E-state index >= 15 is 0 Å². The molecule has 6 heteroatoms. The lowest BCUT2D eigenvalue weighted by atomic mass is 9.83. The predicted molar refractivity (Wildman–Crippen MR) is 86.1 cm³/mol. The maximum atomic E-state index is 12.1. The summed E-state index contributed by atoms with van der Waals surface area (Å²) < 4.78 is 5.23. The van der Waals surface area contributed by atoms with Crippen LogP contribution in [0.1, 0.15) is 38.2 Å². The first kappa shape index (κ1) is 17.3. The van der Waals surface area contributed by atoms with Gasteiger partial charge in [-0.05, 0) is 31.9 Å². The van der Waals surface area contributed by atoms with Crippen LogP contribution in [0.2, 0.25) is 0 Å². The van der Waals surface area contributed by atoms with Crippen LogP contribution in [0.15, 0.2) is 30.3 Å². The van der Waals surface area contributed by atoms with E-state index in [9.17, 15) is 14.7 Å². The Morgan fingerprint density at radius 1 is 1.35 bits per heavy atom. The van der Waals surface area contributed by atoms with E-state index in [1.54, 1.807) is 6.92 Å². The minimum Gasteiger partial charge on any atom is -0.481 e. The number of carboxylic acids is 1. The van der Waals surface area contributed by atoms with Crippen molar-refractivity contribution < 1.29 is 19.4 Å². The van der Waals surface area contributed by atoms with Gasteiger partial charge in [-0.1, -0.05) is 36.8 Å². The Labute approximate surface area is 136 Å². The average Bonchev–Trinajstić information content (AvgIpc) is 2.54. The number of carboxylic acid groups (broad SMARTS) is 1. The number of alkyl carbamates (subject to hydrolysis) is 1. The topological polar surface area (TPSA) is 87.7 Å². The summed E-state index contributed by atoms with van der Waals surface area (Å²) in [5.74, 6) is -0.941. The van der Waals surface area contributed by atoms with Crippen molar-refractivity contribution in [2.75, 3.05) is 6.54 Å². The molecule has 3 N–H and O–H groups in total. The molecule has 1 aliphatic rings. The van der Waals surface area contributed by atoms with Crippen LogP contribution in [-0.2, 0) is 16.1 Å². The summed E-state index contributed by atoms with van der Waals surface area (Å²) in [6, 6.07) is 9.30. The van der Waals surface area contributed by atoms with E-state index < -0.39 is 17.6 Å². The van der Waals surface area contributed by atoms with Gasteiger partial charge in [0.05, 0.1) is 12.0 Å². The van der Waals surface area contributed by atoms with Gasteiger partial charge >= 0.3 is 12.1 Å². The molecule has 23 heavy (non-hydrogen) atoms. The van der Waals surface area contributed by atoms with Crippen molar-refractivity contribution in [3.8, 4) is 0 Å². The minimum absolute atomic E-state index is 0.0726. The molecular formula is C17H24N2O4. The number of carbonyl (C=O) groups excluding carboxylic acids is 1. The number of hydrogen-bond acceptors (Lipinski definition) is 4. The fourth-order valence-electron chi connectivity index (χ4n) is 2.96. The molecule has 6 nitrogen and oxygen atoms in total. The third kappa shape index (κ3) is 5.25. The number of aliphatic carboxylic acids is 1. The Morgan fingerprint density at radius 2 is 2.09 bits per heavy atom. The van der Waals surface area contributed by atoms with Crippen molar-refractivity contribution in [1.29, 1.82) is 0 Å². The average molecular weight is 320 g/mol. The second-order valence-electron chi connectivity index (χ2n) is 6.18. The first-order valence-corrected chi connectivity index (χ1v) is 7.94. The van der Waals surface area contributed by atoms with E-state index in [0.29, 0.717) is 0 Å². The maximum Gasteiger partial charge on any atom is 0.407 e. The molecule has 1 heterocycles. The van der Waals surface area contributed by atoms with E-state index in [2.05, 4.69) is 10.6 Å². The monoisotopic (exact) mass is 320 g/mol. The lowest BCUT2D eigenvalue weighted by Crippen LogP contribution is -2.61. The van der Waals surface area contributed by atoms with Crippen molar-refractivity contribution >= 4 is 12.1 Å². The van der Waals surface area contributed by atoms with Crippen LogP contribution in [0, 0.1) is 0 Å². The van der Waals surface area contributed by atoms with E-state index in [-0.39, 0.29) is 19.1 Å². The summed E-state index contributed by atoms with van der Waals surface area (Å²) >= 11 is 0. The highest BCUT2D eigenvalue weighted by molar-refractivity contribution is 5.73. The molecule has 2 atom stereocenters. The highest BCUT2D eigenvalue weighted by Crippen LogP contribution is 2.23. The predicted octanol–water partition coefficient (Wildman–Crippen LogP) is 2.29. The number of benzene rings is 1. The lowest BCUT2D eigenvalue weighted by Gasteiger charge is -2.39. The summed E-state index contributed by atoms with van der Waals surface area (Å²) in [6.45, 7) is 2.75. The Balaban J connectivity index is 1.95. The van der Waals surface area contributed by atoms with Crippen LogP contribution in [0.4, 0.5) is 4.79 Å². The van der Waals surface area contributed by atoms with E-state index in [0.717, 1.165) is 31.4 Å². The summed E-state index contributed by atoms with van der Waals surface area (Å²) in [6.07, 6.45) is 2.18. The Bertz CT molecular complexity index is 529. The van der Waals surface area contributed by atoms with Gasteiger partial charge in [0.15, 0.2) is 0 Å². The van der Waals surface area contributed by atoms with Gasteiger partial charge in [-0.3, -0.25) is 4.79 Å². The van der Waals surface area contributed by atoms with E-state index in [1.807, 2.05) is 30.3 Å². The van der Waals surface area contributed by atoms with Gasteiger partial charge in [-0.15, -0.1) is 0 Å². The standard InChI is InChI=1S/C17H24N2O4/c1-17(11-15(20)21,14-9-5-6-10-18-14)19-16(22)23-12-13-7-3-2-4-8-13/h2-4,7-8,14,18H,5-6,9-12H2,1H3,(H,19,22)(H,20,21). The van der Waals surface area contributed by atoms with Crippen LogP contribution in [0.25, 0.3) is 0 Å². The summed E-state index contributed by atoms with van der Waals surface area (Å²) in [5.41, 5.74) is 0.0124. The highest BCUT2D eigenvalue weighted by atomic mass is 16.5. The maximum absolute atomic E-state index is 12.1. The van der Waals surface area contributed by atoms with Gasteiger partial charge in [-0.25, -0.2) is 4.79 Å². The molecule has 0 aromatic heterocycles. The Morgan fingerprint density at radius 3 is 2.70 bits per heavy atom. The van der Waals surface area contributed by atoms with Crippen LogP contribution in [0.5, 0.6) is 0 Å². The largest absolute Gasteiger partial charge is 0.481 e. The zero-order valence-corrected chi connectivity index (χ0v) is 13.4. The van der Waals surface area contributed by atoms with Crippen molar-refractivity contribution in [1.82, 2.24) is 10.6 Å². The third-order valence-electron chi connectivity index (χ3n) is 4.20. The van der Waals surface area contributed by atoms with Gasteiger partial charge < -0.3 is 20.5 Å². The SMILES string of the molecule is CC(CC(=O)O)(NC(=O)OCc1ccccc1)C1CCCCN1. The molecule has 0 bridgehead atoms. The molecule has 0 saturated carbocycles. The minimum atomic E-state index is -0.941. The molecule has 1 fully saturated rings. The zero-order chi connectivity index (χ0) is 16.7. The fourth-order valence-corrected chi connectivity index (χ4v) is 2.96. The number of nitrogens with one attached hydrogen (secondary N) is 2. The summed E-state index contributed by atoms with van der Waals surface area (Å²) in [5, 5.41) is 15.3. The van der Waals surface area contributed by atoms with Crippen molar-refractivity contribution in [3.05, 3.63) is 35.9 Å². The molecule has 0 spiro atoms. The van der Waals surface area contributed by atoms with Crippen LogP contribution in [0.3, 0.4) is 0 Å². The Hall–Kier alpha value is -2.08. The number of hydrogen-bond donors (Lipinski definition) is 3. The van der Waals surface area contributed by atoms with Crippen molar-refractivity contribution in [2.45, 2.75) is 50.8 Å². The first-order valence-electron chi connectivity index (χ1n) is 7.94. The van der Waals surface area contributed by atoms with Crippen molar-refractivity contribution in [2.24, 2.45) is 0 Å². The number of piperidine rings is 1. The molecule has 1 aliphatic heterocycles. The molecule has 2 rings (SSSR count). The van der Waals surface area contributed by atoms with Gasteiger partial charge in [0, 0.05) is 6.04 Å². The first-order chi connectivity index (χ1) is 11.0. The highest BCUT2D eigenvalue weighted by Gasteiger charge is 2.38. The summed E-state index contributed by atoms with van der Waals surface area (Å²) in [4.78, 5) is 23.3. The normalized spacial score (nSPS) is 20.3.